The first-order chi connectivity index (χ1) is 20.2. The summed E-state index contributed by atoms with van der Waals surface area (Å²) < 4.78 is -0.0119. The molecule has 1 aromatic carbocycles. The van der Waals surface area contributed by atoms with E-state index in [0.29, 0.717) is 12.0 Å². The number of amides is 5. The van der Waals surface area contributed by atoms with Crippen LogP contribution in [0.1, 0.15) is 38.7 Å². The van der Waals surface area contributed by atoms with Crippen LogP contribution in [-0.4, -0.2) is 93.7 Å². The first-order valence-corrected chi connectivity index (χ1v) is 15.0. The van der Waals surface area contributed by atoms with Gasteiger partial charge in [-0.1, -0.05) is 66.8 Å². The highest BCUT2D eigenvalue weighted by molar-refractivity contribution is 14.1. The molecule has 0 aliphatic heterocycles. The Hall–Kier alpha value is -3.96. The van der Waals surface area contributed by atoms with Crippen molar-refractivity contribution >= 4 is 64.1 Å². The second-order valence-electron chi connectivity index (χ2n) is 10.2. The molecule has 0 bridgehead atoms. The third-order valence-electron chi connectivity index (χ3n) is 6.32. The molecule has 43 heavy (non-hydrogen) atoms. The number of nitrogens with one attached hydrogen (secondary N) is 3. The van der Waals surface area contributed by atoms with Gasteiger partial charge in [-0.2, -0.15) is 0 Å². The zero-order chi connectivity index (χ0) is 32.7. The molecule has 16 heteroatoms. The standard InChI is InChI=1S/C27H41IN8O7/c1-15(2)22(25(42)34-17(23(29)40)10-7-11-32-27(30)31)36(3)26(43)19(12-16-8-5-4-6-9-16)35-24(41)18(13-21(38)39)33-20(37)14-28/h4-6,8-9,15,17-19,22H,7,10-14H2,1-3H3,(H2,29,40)(H,33,37)(H,34,42)(H,35,41)(H,38,39)(H4,30,31,32)/t17-,18-,19+,22-/m0/s1. The van der Waals surface area contributed by atoms with Crippen molar-refractivity contribution in [2.75, 3.05) is 18.0 Å². The summed E-state index contributed by atoms with van der Waals surface area (Å²) in [6.07, 6.45) is -0.188. The molecule has 5 amide bonds. The van der Waals surface area contributed by atoms with Gasteiger partial charge in [0.05, 0.1) is 10.8 Å². The van der Waals surface area contributed by atoms with Gasteiger partial charge in [0, 0.05) is 20.0 Å². The highest BCUT2D eigenvalue weighted by Gasteiger charge is 2.36. The van der Waals surface area contributed by atoms with Gasteiger partial charge in [-0.15, -0.1) is 0 Å². The van der Waals surface area contributed by atoms with Crippen LogP contribution in [0.15, 0.2) is 35.3 Å². The van der Waals surface area contributed by atoms with Crippen LogP contribution in [0.3, 0.4) is 0 Å². The summed E-state index contributed by atoms with van der Waals surface area (Å²) in [4.78, 5) is 80.8. The van der Waals surface area contributed by atoms with E-state index in [4.69, 9.17) is 17.2 Å². The zero-order valence-electron chi connectivity index (χ0n) is 24.4. The number of hydrogen-bond acceptors (Lipinski definition) is 7. The molecule has 0 saturated carbocycles. The number of rotatable bonds is 18. The average Bonchev–Trinajstić information content (AvgIpc) is 2.93. The van der Waals surface area contributed by atoms with Gasteiger partial charge in [-0.25, -0.2) is 0 Å². The highest BCUT2D eigenvalue weighted by Crippen LogP contribution is 2.15. The Morgan fingerprint density at radius 1 is 0.930 bits per heavy atom. The predicted octanol–water partition coefficient (Wildman–Crippen LogP) is -1.38. The first kappa shape index (κ1) is 37.1. The van der Waals surface area contributed by atoms with Crippen LogP contribution in [0.5, 0.6) is 0 Å². The summed E-state index contributed by atoms with van der Waals surface area (Å²) in [5.41, 5.74) is 16.8. The molecule has 15 nitrogen and oxygen atoms in total. The second kappa shape index (κ2) is 18.6. The van der Waals surface area contributed by atoms with Crippen molar-refractivity contribution in [3.8, 4) is 0 Å². The predicted molar refractivity (Wildman–Crippen MR) is 168 cm³/mol. The Bertz CT molecular complexity index is 1160. The van der Waals surface area contributed by atoms with E-state index in [9.17, 15) is 33.9 Å². The molecule has 0 spiro atoms. The molecule has 0 heterocycles. The van der Waals surface area contributed by atoms with Crippen molar-refractivity contribution in [2.45, 2.75) is 63.7 Å². The number of primary amides is 1. The number of hydrogen-bond donors (Lipinski definition) is 7. The highest BCUT2D eigenvalue weighted by atomic mass is 127. The molecule has 4 atom stereocenters. The molecule has 238 valence electrons. The lowest BCUT2D eigenvalue weighted by molar-refractivity contribution is -0.144. The number of nitrogens with two attached hydrogens (primary N) is 3. The summed E-state index contributed by atoms with van der Waals surface area (Å²) in [6.45, 7) is 3.63. The van der Waals surface area contributed by atoms with Crippen LogP contribution in [0.25, 0.3) is 0 Å². The van der Waals surface area contributed by atoms with Crippen molar-refractivity contribution < 1.29 is 33.9 Å². The minimum atomic E-state index is -1.43. The fourth-order valence-electron chi connectivity index (χ4n) is 4.29. The molecule has 0 aliphatic carbocycles. The number of carbonyl (C=O) groups is 6. The number of halogens is 1. The van der Waals surface area contributed by atoms with Crippen LogP contribution in [0.2, 0.25) is 0 Å². The second-order valence-corrected chi connectivity index (χ2v) is 10.9. The maximum atomic E-state index is 13.8. The fourth-order valence-corrected chi connectivity index (χ4v) is 4.51. The van der Waals surface area contributed by atoms with Crippen LogP contribution in [0, 0.1) is 5.92 Å². The Morgan fingerprint density at radius 2 is 1.53 bits per heavy atom. The molecular weight excluding hydrogens is 675 g/mol. The minimum Gasteiger partial charge on any atom is -0.481 e. The van der Waals surface area contributed by atoms with Crippen molar-refractivity contribution in [1.29, 1.82) is 0 Å². The van der Waals surface area contributed by atoms with Gasteiger partial charge in [0.25, 0.3) is 0 Å². The number of likely N-dealkylation sites (N-methyl/N-ethyl adjacent to an activating group) is 1. The van der Waals surface area contributed by atoms with Crippen LogP contribution in [0.4, 0.5) is 0 Å². The molecule has 1 aromatic rings. The lowest BCUT2D eigenvalue weighted by Gasteiger charge is -2.34. The van der Waals surface area contributed by atoms with E-state index in [1.165, 1.54) is 11.9 Å². The largest absolute Gasteiger partial charge is 0.481 e. The topological polar surface area (TPSA) is 252 Å². The van der Waals surface area contributed by atoms with E-state index >= 15 is 0 Å². The lowest BCUT2D eigenvalue weighted by Crippen LogP contribution is -2.60. The molecule has 0 fully saturated rings. The van der Waals surface area contributed by atoms with Crippen molar-refractivity contribution in [1.82, 2.24) is 20.9 Å². The maximum absolute atomic E-state index is 13.8. The van der Waals surface area contributed by atoms with Crippen LogP contribution in [-0.2, 0) is 35.2 Å². The molecule has 0 aromatic heterocycles. The summed E-state index contributed by atoms with van der Waals surface area (Å²) in [5.74, 6) is -5.36. The third kappa shape index (κ3) is 13.3. The SMILES string of the molecule is CC(C)[C@@H](C(=O)N[C@@H](CCCN=C(N)N)C(N)=O)N(C)C(=O)[C@@H](Cc1ccccc1)NC(=O)[C@H](CC(=O)O)NC(=O)CI. The third-order valence-corrected chi connectivity index (χ3v) is 7.01. The number of carboxylic acids is 1. The maximum Gasteiger partial charge on any atom is 0.305 e. The van der Waals surface area contributed by atoms with Gasteiger partial charge in [0.15, 0.2) is 5.96 Å². The van der Waals surface area contributed by atoms with Gasteiger partial charge in [0.2, 0.25) is 29.5 Å². The number of nitrogens with zero attached hydrogens (tertiary/aromatic N) is 2. The van der Waals surface area contributed by atoms with E-state index in [1.807, 2.05) is 0 Å². The Labute approximate surface area is 263 Å². The molecular formula is C27H41IN8O7. The van der Waals surface area contributed by atoms with Crippen molar-refractivity contribution in [3.63, 3.8) is 0 Å². The number of alkyl halides is 1. The first-order valence-electron chi connectivity index (χ1n) is 13.5. The molecule has 1 rings (SSSR count). The summed E-state index contributed by atoms with van der Waals surface area (Å²) in [5, 5.41) is 16.8. The normalized spacial score (nSPS) is 13.5. The van der Waals surface area contributed by atoms with E-state index in [1.54, 1.807) is 66.8 Å². The quantitative estimate of drug-likeness (QED) is 0.0310. The summed E-state index contributed by atoms with van der Waals surface area (Å²) >= 11 is 1.77. The molecule has 0 saturated heterocycles. The number of aliphatic imine (C=N–C) groups is 1. The zero-order valence-corrected chi connectivity index (χ0v) is 26.6. The smallest absolute Gasteiger partial charge is 0.305 e. The molecule has 0 aliphatic rings. The fraction of sp³-hybridized carbons (Fsp3) is 0.519. The molecule has 0 radical (unpaired) electrons. The van der Waals surface area contributed by atoms with Gasteiger partial charge in [-0.05, 0) is 24.3 Å². The van der Waals surface area contributed by atoms with Crippen LogP contribution < -0.4 is 33.2 Å². The summed E-state index contributed by atoms with van der Waals surface area (Å²) in [7, 11) is 1.39. The van der Waals surface area contributed by atoms with E-state index in [-0.39, 0.29) is 29.8 Å². The summed E-state index contributed by atoms with van der Waals surface area (Å²) in [6, 6.07) is 3.97. The Kier molecular flexibility index (Phi) is 16.0. The van der Waals surface area contributed by atoms with Gasteiger partial charge < -0.3 is 43.2 Å². The van der Waals surface area contributed by atoms with Gasteiger partial charge in [0.1, 0.15) is 24.2 Å². The average molecular weight is 717 g/mol. The Morgan fingerprint density at radius 3 is 2.05 bits per heavy atom. The lowest BCUT2D eigenvalue weighted by atomic mass is 9.98. The van der Waals surface area contributed by atoms with E-state index in [2.05, 4.69) is 20.9 Å². The number of guanidine groups is 1. The van der Waals surface area contributed by atoms with Gasteiger partial charge in [-0.3, -0.25) is 33.8 Å². The monoisotopic (exact) mass is 716 g/mol. The van der Waals surface area contributed by atoms with E-state index in [0.717, 1.165) is 0 Å². The van der Waals surface area contributed by atoms with Crippen LogP contribution >= 0.6 is 22.6 Å². The number of benzene rings is 1. The van der Waals surface area contributed by atoms with Gasteiger partial charge >= 0.3 is 5.97 Å². The number of aliphatic carboxylic acids is 1. The van der Waals surface area contributed by atoms with E-state index < -0.39 is 72.0 Å². The number of carbonyl (C=O) groups excluding carboxylic acids is 5. The number of carboxylic acid groups (broad SMARTS) is 1. The van der Waals surface area contributed by atoms with Crippen molar-refractivity contribution in [2.24, 2.45) is 28.1 Å². The Balaban J connectivity index is 3.26. The molecule has 10 N–H and O–H groups in total. The molecule has 0 unspecified atom stereocenters. The minimum absolute atomic E-state index is 0.0108. The van der Waals surface area contributed by atoms with Crippen molar-refractivity contribution in [3.05, 3.63) is 35.9 Å².